The predicted octanol–water partition coefficient (Wildman–Crippen LogP) is 1.75. The molecular formula is C17H22N2O3. The third kappa shape index (κ3) is 2.80. The maximum Gasteiger partial charge on any atom is 0.254 e. The van der Waals surface area contributed by atoms with E-state index < -0.39 is 0 Å². The topological polar surface area (TPSA) is 58.6 Å². The number of amides is 2. The van der Waals surface area contributed by atoms with Crippen LogP contribution in [0.5, 0.6) is 5.75 Å². The summed E-state index contributed by atoms with van der Waals surface area (Å²) in [6.07, 6.45) is 2.13. The monoisotopic (exact) mass is 302 g/mol. The lowest BCUT2D eigenvalue weighted by molar-refractivity contribution is -0.119. The Bertz CT molecular complexity index is 598. The van der Waals surface area contributed by atoms with E-state index in [4.69, 9.17) is 4.74 Å². The molecule has 118 valence electrons. The van der Waals surface area contributed by atoms with Crippen LogP contribution in [0, 0.1) is 0 Å². The Kier molecular flexibility index (Phi) is 4.05. The molecule has 0 spiro atoms. The molecule has 0 aliphatic carbocycles. The predicted molar refractivity (Wildman–Crippen MR) is 83.0 cm³/mol. The molecule has 1 aromatic carbocycles. The first-order chi connectivity index (χ1) is 10.6. The van der Waals surface area contributed by atoms with Gasteiger partial charge in [0.2, 0.25) is 5.91 Å². The minimum Gasteiger partial charge on any atom is -0.493 e. The van der Waals surface area contributed by atoms with Gasteiger partial charge in [-0.15, -0.1) is 0 Å². The molecule has 1 N–H and O–H groups in total. The second kappa shape index (κ2) is 5.99. The molecule has 22 heavy (non-hydrogen) atoms. The summed E-state index contributed by atoms with van der Waals surface area (Å²) in [7, 11) is 0. The molecule has 5 nitrogen and oxygen atoms in total. The number of nitrogens with one attached hydrogen (secondary N) is 1. The van der Waals surface area contributed by atoms with E-state index in [-0.39, 0.29) is 23.9 Å². The van der Waals surface area contributed by atoms with Crippen LogP contribution in [0.3, 0.4) is 0 Å². The van der Waals surface area contributed by atoms with Crippen LogP contribution in [0.15, 0.2) is 18.2 Å². The molecule has 0 radical (unpaired) electrons. The fourth-order valence-corrected chi connectivity index (χ4v) is 3.16. The molecule has 5 heteroatoms. The zero-order chi connectivity index (χ0) is 15.7. The summed E-state index contributed by atoms with van der Waals surface area (Å²) in [6.45, 7) is 5.22. The average Bonchev–Trinajstić information content (AvgIpc) is 3.11. The number of carbonyl (C=O) groups excluding carboxylic acids is 2. The van der Waals surface area contributed by atoms with Crippen LogP contribution >= 0.6 is 0 Å². The zero-order valence-corrected chi connectivity index (χ0v) is 13.1. The van der Waals surface area contributed by atoms with Crippen molar-refractivity contribution in [3.63, 3.8) is 0 Å². The van der Waals surface area contributed by atoms with E-state index in [0.29, 0.717) is 19.6 Å². The molecule has 0 aromatic heterocycles. The van der Waals surface area contributed by atoms with Crippen molar-refractivity contribution in [2.24, 2.45) is 0 Å². The van der Waals surface area contributed by atoms with E-state index in [2.05, 4.69) is 5.32 Å². The van der Waals surface area contributed by atoms with E-state index in [1.807, 2.05) is 36.9 Å². The van der Waals surface area contributed by atoms with Gasteiger partial charge in [0.15, 0.2) is 0 Å². The fraction of sp³-hybridized carbons (Fsp3) is 0.529. The van der Waals surface area contributed by atoms with Gasteiger partial charge in [-0.3, -0.25) is 9.59 Å². The largest absolute Gasteiger partial charge is 0.493 e. The molecule has 1 unspecified atom stereocenters. The van der Waals surface area contributed by atoms with Crippen LogP contribution in [0.4, 0.5) is 0 Å². The molecule has 0 bridgehead atoms. The summed E-state index contributed by atoms with van der Waals surface area (Å²) in [6, 6.07) is 5.80. The molecule has 0 saturated carbocycles. The highest BCUT2D eigenvalue weighted by Gasteiger charge is 2.29. The van der Waals surface area contributed by atoms with Gasteiger partial charge in [0.05, 0.1) is 6.61 Å². The number of rotatable bonds is 4. The summed E-state index contributed by atoms with van der Waals surface area (Å²) in [5.74, 6) is 0.928. The highest BCUT2D eigenvalue weighted by Crippen LogP contribution is 2.29. The molecule has 3 rings (SSSR count). The lowest BCUT2D eigenvalue weighted by Gasteiger charge is -2.30. The summed E-state index contributed by atoms with van der Waals surface area (Å²) in [5.41, 5.74) is 1.74. The molecule has 1 aromatic rings. The zero-order valence-electron chi connectivity index (χ0n) is 13.1. The maximum atomic E-state index is 13.0. The number of fused-ring (bicyclic) bond motifs is 1. The second-order valence-electron chi connectivity index (χ2n) is 6.24. The number of ether oxygens (including phenoxy) is 1. The van der Waals surface area contributed by atoms with Crippen molar-refractivity contribution in [2.75, 3.05) is 13.2 Å². The van der Waals surface area contributed by atoms with Gasteiger partial charge in [-0.25, -0.2) is 0 Å². The Morgan fingerprint density at radius 3 is 2.91 bits per heavy atom. The molecule has 2 heterocycles. The summed E-state index contributed by atoms with van der Waals surface area (Å²) in [5, 5.41) is 2.94. The smallest absolute Gasteiger partial charge is 0.254 e. The van der Waals surface area contributed by atoms with Crippen molar-refractivity contribution in [3.05, 3.63) is 29.3 Å². The molecular weight excluding hydrogens is 280 g/mol. The van der Waals surface area contributed by atoms with Crippen molar-refractivity contribution in [3.8, 4) is 5.75 Å². The first kappa shape index (κ1) is 14.9. The Hall–Kier alpha value is -2.04. The summed E-state index contributed by atoms with van der Waals surface area (Å²) >= 11 is 0. The normalized spacial score (nSPS) is 19.8. The van der Waals surface area contributed by atoms with Crippen LogP contribution in [0.25, 0.3) is 0 Å². The Labute approximate surface area is 130 Å². The highest BCUT2D eigenvalue weighted by molar-refractivity contribution is 5.96. The van der Waals surface area contributed by atoms with Crippen molar-refractivity contribution in [1.29, 1.82) is 0 Å². The molecule has 2 amide bonds. The number of benzene rings is 1. The van der Waals surface area contributed by atoms with E-state index >= 15 is 0 Å². The lowest BCUT2D eigenvalue weighted by Crippen LogP contribution is -2.45. The summed E-state index contributed by atoms with van der Waals surface area (Å²) in [4.78, 5) is 26.2. The summed E-state index contributed by atoms with van der Waals surface area (Å²) < 4.78 is 5.55. The van der Waals surface area contributed by atoms with Crippen molar-refractivity contribution < 1.29 is 14.3 Å². The van der Waals surface area contributed by atoms with Gasteiger partial charge < -0.3 is 15.0 Å². The van der Waals surface area contributed by atoms with Gasteiger partial charge in [0.25, 0.3) is 5.91 Å². The molecule has 2 aliphatic rings. The van der Waals surface area contributed by atoms with Crippen LogP contribution < -0.4 is 10.1 Å². The average molecular weight is 302 g/mol. The number of nitrogens with zero attached hydrogens (tertiary/aromatic N) is 1. The SMILES string of the molecule is CC(C)N(CC1CCC(=O)N1)C(=O)c1cccc2c1CCO2. The Morgan fingerprint density at radius 2 is 2.23 bits per heavy atom. The van der Waals surface area contributed by atoms with Crippen molar-refractivity contribution >= 4 is 11.8 Å². The standard InChI is InChI=1S/C17H22N2O3/c1-11(2)19(10-12-6-7-16(20)18-12)17(21)14-4-3-5-15-13(14)8-9-22-15/h3-5,11-12H,6-10H2,1-2H3,(H,18,20). The molecule has 2 aliphatic heterocycles. The van der Waals surface area contributed by atoms with E-state index in [1.54, 1.807) is 0 Å². The highest BCUT2D eigenvalue weighted by atomic mass is 16.5. The van der Waals surface area contributed by atoms with Crippen molar-refractivity contribution in [2.45, 2.75) is 45.2 Å². The lowest BCUT2D eigenvalue weighted by atomic mass is 10.0. The second-order valence-corrected chi connectivity index (χ2v) is 6.24. The van der Waals surface area contributed by atoms with Gasteiger partial charge >= 0.3 is 0 Å². The fourth-order valence-electron chi connectivity index (χ4n) is 3.16. The number of hydrogen-bond acceptors (Lipinski definition) is 3. The Morgan fingerprint density at radius 1 is 1.41 bits per heavy atom. The first-order valence-electron chi connectivity index (χ1n) is 7.91. The number of hydrogen-bond donors (Lipinski definition) is 1. The van der Waals surface area contributed by atoms with E-state index in [9.17, 15) is 9.59 Å². The maximum absolute atomic E-state index is 13.0. The van der Waals surface area contributed by atoms with Gasteiger partial charge in [-0.05, 0) is 32.4 Å². The molecule has 1 atom stereocenters. The van der Waals surface area contributed by atoms with Gasteiger partial charge in [0, 0.05) is 42.6 Å². The Balaban J connectivity index is 1.81. The van der Waals surface area contributed by atoms with Crippen molar-refractivity contribution in [1.82, 2.24) is 10.2 Å². The quantitative estimate of drug-likeness (QED) is 0.922. The van der Waals surface area contributed by atoms with E-state index in [0.717, 1.165) is 29.7 Å². The third-order valence-corrected chi connectivity index (χ3v) is 4.36. The van der Waals surface area contributed by atoms with E-state index in [1.165, 1.54) is 0 Å². The van der Waals surface area contributed by atoms with Gasteiger partial charge in [0.1, 0.15) is 5.75 Å². The van der Waals surface area contributed by atoms with Gasteiger partial charge in [-0.1, -0.05) is 6.07 Å². The van der Waals surface area contributed by atoms with Gasteiger partial charge in [-0.2, -0.15) is 0 Å². The first-order valence-corrected chi connectivity index (χ1v) is 7.91. The van der Waals surface area contributed by atoms with Crippen LogP contribution in [-0.2, 0) is 11.2 Å². The minimum atomic E-state index is 0.0264. The minimum absolute atomic E-state index is 0.0264. The van der Waals surface area contributed by atoms with Crippen LogP contribution in [-0.4, -0.2) is 41.9 Å². The van der Waals surface area contributed by atoms with Crippen LogP contribution in [0.1, 0.15) is 42.6 Å². The van der Waals surface area contributed by atoms with Crippen LogP contribution in [0.2, 0.25) is 0 Å². The third-order valence-electron chi connectivity index (χ3n) is 4.36. The molecule has 1 fully saturated rings. The molecule has 1 saturated heterocycles. The number of carbonyl (C=O) groups is 2.